The second kappa shape index (κ2) is 7.59. The smallest absolute Gasteiger partial charge is 0.162 e. The number of methoxy groups -OCH3 is 2. The van der Waals surface area contributed by atoms with Gasteiger partial charge in [-0.2, -0.15) is 10.2 Å². The molecule has 4 rings (SSSR count). The Bertz CT molecular complexity index is 1010. The van der Waals surface area contributed by atoms with Crippen molar-refractivity contribution in [2.75, 3.05) is 38.8 Å². The number of benzene rings is 2. The number of aromatic nitrogens is 2. The van der Waals surface area contributed by atoms with E-state index in [0.717, 1.165) is 16.6 Å². The van der Waals surface area contributed by atoms with Crippen molar-refractivity contribution in [3.63, 3.8) is 0 Å². The minimum absolute atomic E-state index is 0.240. The summed E-state index contributed by atoms with van der Waals surface area (Å²) in [6.07, 6.45) is 1.37. The SMILES string of the molecule is COc1cc2nncc(N3CCOC(c4ccc(C)cc4F)C3)c2cc1OC. The first kappa shape index (κ1) is 18.4. The Balaban J connectivity index is 1.71. The summed E-state index contributed by atoms with van der Waals surface area (Å²) in [6, 6.07) is 8.95. The molecule has 0 spiro atoms. The molecule has 1 fully saturated rings. The van der Waals surface area contributed by atoms with E-state index in [1.54, 1.807) is 26.5 Å². The fourth-order valence-electron chi connectivity index (χ4n) is 3.57. The maximum absolute atomic E-state index is 14.4. The number of anilines is 1. The molecule has 28 heavy (non-hydrogen) atoms. The molecule has 0 saturated carbocycles. The summed E-state index contributed by atoms with van der Waals surface area (Å²) in [5.41, 5.74) is 3.08. The van der Waals surface area contributed by atoms with Crippen molar-refractivity contribution in [3.05, 3.63) is 53.5 Å². The van der Waals surface area contributed by atoms with Crippen LogP contribution >= 0.6 is 0 Å². The van der Waals surface area contributed by atoms with Gasteiger partial charge in [0.15, 0.2) is 11.5 Å². The zero-order valence-corrected chi connectivity index (χ0v) is 16.1. The van der Waals surface area contributed by atoms with E-state index in [1.807, 2.05) is 25.1 Å². The Kier molecular flexibility index (Phi) is 5.00. The molecule has 146 valence electrons. The Morgan fingerprint density at radius 3 is 2.68 bits per heavy atom. The maximum Gasteiger partial charge on any atom is 0.162 e. The number of rotatable bonds is 4. The molecule has 1 aromatic heterocycles. The number of hydrogen-bond donors (Lipinski definition) is 0. The molecule has 1 aliphatic rings. The van der Waals surface area contributed by atoms with Crippen LogP contribution in [0.5, 0.6) is 11.5 Å². The standard InChI is InChI=1S/C21H22FN3O3/c1-13-4-5-14(16(22)8-13)21-12-25(6-7-28-21)18-11-23-24-17-10-20(27-3)19(26-2)9-15(17)18/h4-5,8-11,21H,6-7,12H2,1-3H3. The van der Waals surface area contributed by atoms with Crippen molar-refractivity contribution in [2.45, 2.75) is 13.0 Å². The average Bonchev–Trinajstić information content (AvgIpc) is 2.72. The molecule has 1 atom stereocenters. The van der Waals surface area contributed by atoms with Crippen LogP contribution < -0.4 is 14.4 Å². The third-order valence-corrected chi connectivity index (χ3v) is 5.03. The van der Waals surface area contributed by atoms with E-state index in [0.29, 0.717) is 42.3 Å². The lowest BCUT2D eigenvalue weighted by Gasteiger charge is -2.35. The summed E-state index contributed by atoms with van der Waals surface area (Å²) in [5, 5.41) is 9.26. The van der Waals surface area contributed by atoms with Crippen LogP contribution in [0.25, 0.3) is 10.9 Å². The Morgan fingerprint density at radius 1 is 1.14 bits per heavy atom. The van der Waals surface area contributed by atoms with Crippen molar-refractivity contribution in [3.8, 4) is 11.5 Å². The molecule has 0 N–H and O–H groups in total. The second-order valence-electron chi connectivity index (χ2n) is 6.78. The first-order valence-electron chi connectivity index (χ1n) is 9.10. The Morgan fingerprint density at radius 2 is 1.93 bits per heavy atom. The van der Waals surface area contributed by atoms with Gasteiger partial charge < -0.3 is 19.1 Å². The number of aryl methyl sites for hydroxylation is 1. The largest absolute Gasteiger partial charge is 0.493 e. The lowest BCUT2D eigenvalue weighted by molar-refractivity contribution is 0.0376. The third-order valence-electron chi connectivity index (χ3n) is 5.03. The second-order valence-corrected chi connectivity index (χ2v) is 6.78. The number of hydrogen-bond acceptors (Lipinski definition) is 6. The van der Waals surface area contributed by atoms with E-state index in [4.69, 9.17) is 14.2 Å². The van der Waals surface area contributed by atoms with Crippen molar-refractivity contribution < 1.29 is 18.6 Å². The fraction of sp³-hybridized carbons (Fsp3) is 0.333. The van der Waals surface area contributed by atoms with Crippen LogP contribution in [0, 0.1) is 12.7 Å². The van der Waals surface area contributed by atoms with Crippen molar-refractivity contribution >= 4 is 16.6 Å². The van der Waals surface area contributed by atoms with Gasteiger partial charge in [0.25, 0.3) is 0 Å². The van der Waals surface area contributed by atoms with Gasteiger partial charge in [-0.05, 0) is 24.6 Å². The van der Waals surface area contributed by atoms with Crippen molar-refractivity contribution in [1.82, 2.24) is 10.2 Å². The molecule has 1 aliphatic heterocycles. The monoisotopic (exact) mass is 383 g/mol. The van der Waals surface area contributed by atoms with Crippen molar-refractivity contribution in [1.29, 1.82) is 0 Å². The fourth-order valence-corrected chi connectivity index (χ4v) is 3.57. The van der Waals surface area contributed by atoms with E-state index in [-0.39, 0.29) is 11.9 Å². The molecule has 1 unspecified atom stereocenters. The van der Waals surface area contributed by atoms with Gasteiger partial charge in [-0.15, -0.1) is 0 Å². The van der Waals surface area contributed by atoms with Crippen LogP contribution in [0.1, 0.15) is 17.2 Å². The van der Waals surface area contributed by atoms with Crippen LogP contribution in [0.15, 0.2) is 36.5 Å². The summed E-state index contributed by atoms with van der Waals surface area (Å²) >= 11 is 0. The van der Waals surface area contributed by atoms with Gasteiger partial charge in [0.05, 0.1) is 38.2 Å². The molecule has 2 heterocycles. The summed E-state index contributed by atoms with van der Waals surface area (Å²) in [6.45, 7) is 3.57. The van der Waals surface area contributed by atoms with Crippen LogP contribution in [0.2, 0.25) is 0 Å². The molecular formula is C21H22FN3O3. The highest BCUT2D eigenvalue weighted by Gasteiger charge is 2.26. The molecule has 0 aliphatic carbocycles. The highest BCUT2D eigenvalue weighted by Crippen LogP contribution is 2.36. The number of morpholine rings is 1. The van der Waals surface area contributed by atoms with E-state index in [2.05, 4.69) is 15.1 Å². The number of halogens is 1. The molecule has 1 saturated heterocycles. The molecular weight excluding hydrogens is 361 g/mol. The Hall–Kier alpha value is -2.93. The molecule has 6 nitrogen and oxygen atoms in total. The first-order valence-corrected chi connectivity index (χ1v) is 9.10. The topological polar surface area (TPSA) is 56.7 Å². The van der Waals surface area contributed by atoms with Crippen LogP contribution in [-0.2, 0) is 4.74 Å². The van der Waals surface area contributed by atoms with Gasteiger partial charge in [0.1, 0.15) is 11.9 Å². The molecule has 2 aromatic carbocycles. The van der Waals surface area contributed by atoms with Crippen LogP contribution in [-0.4, -0.2) is 44.1 Å². The minimum atomic E-state index is -0.349. The highest BCUT2D eigenvalue weighted by molar-refractivity contribution is 5.93. The normalized spacial score (nSPS) is 17.0. The van der Waals surface area contributed by atoms with Gasteiger partial charge >= 0.3 is 0 Å². The lowest BCUT2D eigenvalue weighted by Crippen LogP contribution is -2.38. The van der Waals surface area contributed by atoms with Crippen LogP contribution in [0.4, 0.5) is 10.1 Å². The highest BCUT2D eigenvalue weighted by atomic mass is 19.1. The Labute approximate surface area is 162 Å². The minimum Gasteiger partial charge on any atom is -0.493 e. The summed E-state index contributed by atoms with van der Waals surface area (Å²) in [5.74, 6) is 0.984. The molecule has 0 bridgehead atoms. The van der Waals surface area contributed by atoms with Gasteiger partial charge in [-0.25, -0.2) is 4.39 Å². The predicted octanol–water partition coefficient (Wildman–Crippen LogP) is 3.67. The quantitative estimate of drug-likeness (QED) is 0.685. The van der Waals surface area contributed by atoms with Gasteiger partial charge in [0, 0.05) is 30.1 Å². The average molecular weight is 383 g/mol. The molecule has 7 heteroatoms. The van der Waals surface area contributed by atoms with Gasteiger partial charge in [-0.1, -0.05) is 12.1 Å². The molecule has 0 radical (unpaired) electrons. The van der Waals surface area contributed by atoms with E-state index >= 15 is 0 Å². The summed E-state index contributed by atoms with van der Waals surface area (Å²) < 4.78 is 31.1. The number of fused-ring (bicyclic) bond motifs is 1. The first-order chi connectivity index (χ1) is 13.6. The van der Waals surface area contributed by atoms with Crippen molar-refractivity contribution in [2.24, 2.45) is 0 Å². The molecule has 3 aromatic rings. The zero-order chi connectivity index (χ0) is 19.7. The van der Waals surface area contributed by atoms with E-state index in [9.17, 15) is 4.39 Å². The van der Waals surface area contributed by atoms with E-state index in [1.165, 1.54) is 6.07 Å². The summed E-state index contributed by atoms with van der Waals surface area (Å²) in [4.78, 5) is 2.15. The zero-order valence-electron chi connectivity index (χ0n) is 16.1. The van der Waals surface area contributed by atoms with Crippen LogP contribution in [0.3, 0.4) is 0 Å². The third kappa shape index (κ3) is 3.33. The van der Waals surface area contributed by atoms with Gasteiger partial charge in [-0.3, -0.25) is 0 Å². The van der Waals surface area contributed by atoms with Gasteiger partial charge in [0.2, 0.25) is 0 Å². The summed E-state index contributed by atoms with van der Waals surface area (Å²) in [7, 11) is 3.19. The molecule has 0 amide bonds. The predicted molar refractivity (Wildman–Crippen MR) is 105 cm³/mol. The number of nitrogens with zero attached hydrogens (tertiary/aromatic N) is 3. The van der Waals surface area contributed by atoms with E-state index < -0.39 is 0 Å². The maximum atomic E-state index is 14.4. The number of ether oxygens (including phenoxy) is 3. The lowest BCUT2D eigenvalue weighted by atomic mass is 10.0.